The van der Waals surface area contributed by atoms with Gasteiger partial charge in [-0.25, -0.2) is 0 Å². The number of alkyl halides is 12. The van der Waals surface area contributed by atoms with Gasteiger partial charge < -0.3 is 4.57 Å². The van der Waals surface area contributed by atoms with Crippen molar-refractivity contribution >= 4 is 32.6 Å². The maximum atomic E-state index is 14.0. The molecule has 0 unspecified atom stereocenters. The Hall–Kier alpha value is -8.04. The van der Waals surface area contributed by atoms with Crippen molar-refractivity contribution in [2.75, 3.05) is 0 Å². The number of hydrogen-bond acceptors (Lipinski definition) is 2. The van der Waals surface area contributed by atoms with Gasteiger partial charge in [0.05, 0.1) is 50.1 Å². The van der Waals surface area contributed by atoms with E-state index in [9.17, 15) is 63.2 Å². The first-order valence-corrected chi connectivity index (χ1v) is 19.9. The van der Waals surface area contributed by atoms with Crippen molar-refractivity contribution in [2.45, 2.75) is 24.7 Å². The number of aromatic nitrogens is 1. The topological polar surface area (TPSA) is 52.5 Å². The largest absolute Gasteiger partial charge is 0.416 e. The molecule has 0 aliphatic rings. The Balaban J connectivity index is 1.33. The lowest BCUT2D eigenvalue weighted by Crippen LogP contribution is -2.11. The molecule has 1 heterocycles. The highest BCUT2D eigenvalue weighted by molar-refractivity contribution is 6.12. The Morgan fingerprint density at radius 3 is 1.19 bits per heavy atom. The van der Waals surface area contributed by atoms with E-state index in [-0.39, 0.29) is 45.2 Å². The predicted octanol–water partition coefficient (Wildman–Crippen LogP) is 16.4. The molecule has 9 aromatic rings. The van der Waals surface area contributed by atoms with E-state index in [1.807, 2.05) is 24.3 Å². The molecule has 0 N–H and O–H groups in total. The normalized spacial score (nSPS) is 12.4. The van der Waals surface area contributed by atoms with Crippen LogP contribution in [0.5, 0.6) is 0 Å². The van der Waals surface area contributed by atoms with Crippen LogP contribution in [0.4, 0.5) is 52.7 Å². The summed E-state index contributed by atoms with van der Waals surface area (Å²) in [5.41, 5.74) is -3.27. The summed E-state index contributed by atoms with van der Waals surface area (Å²) in [7, 11) is 0. The van der Waals surface area contributed by atoms with Gasteiger partial charge in [-0.05, 0) is 129 Å². The third kappa shape index (κ3) is 8.07. The molecule has 3 nitrogen and oxygen atoms in total. The van der Waals surface area contributed by atoms with Crippen molar-refractivity contribution in [3.05, 3.63) is 185 Å². The van der Waals surface area contributed by atoms with Gasteiger partial charge >= 0.3 is 24.7 Å². The van der Waals surface area contributed by atoms with Crippen LogP contribution < -0.4 is 0 Å². The summed E-state index contributed by atoms with van der Waals surface area (Å²) >= 11 is 0. The average Bonchev–Trinajstić information content (AvgIpc) is 3.62. The number of para-hydroxylation sites is 1. The first kappa shape index (κ1) is 44.2. The molecule has 0 aliphatic heterocycles. The fraction of sp³-hybridized carbons (Fsp3) is 0.0769. The van der Waals surface area contributed by atoms with Gasteiger partial charge in [0, 0.05) is 16.3 Å². The number of hydrogen-bond donors (Lipinski definition) is 0. The van der Waals surface area contributed by atoms with E-state index in [0.29, 0.717) is 74.0 Å². The fourth-order valence-electron chi connectivity index (χ4n) is 8.48. The highest BCUT2D eigenvalue weighted by atomic mass is 19.4. The highest BCUT2D eigenvalue weighted by Crippen LogP contribution is 2.46. The fourth-order valence-corrected chi connectivity index (χ4v) is 8.48. The van der Waals surface area contributed by atoms with Crippen LogP contribution in [-0.2, 0) is 24.7 Å². The Kier molecular flexibility index (Phi) is 10.4. The molecule has 0 amide bonds. The predicted molar refractivity (Wildman–Crippen MR) is 229 cm³/mol. The molecule has 332 valence electrons. The van der Waals surface area contributed by atoms with E-state index in [1.54, 1.807) is 65.2 Å². The number of rotatable bonds is 5. The first-order chi connectivity index (χ1) is 31.6. The summed E-state index contributed by atoms with van der Waals surface area (Å²) in [5, 5.41) is 21.3. The van der Waals surface area contributed by atoms with E-state index in [4.69, 9.17) is 0 Å². The maximum absolute atomic E-state index is 14.0. The van der Waals surface area contributed by atoms with Gasteiger partial charge in [-0.3, -0.25) is 0 Å². The molecular weight excluding hydrogens is 895 g/mol. The van der Waals surface area contributed by atoms with Gasteiger partial charge in [0.25, 0.3) is 0 Å². The number of benzene rings is 8. The standard InChI is InChI=1S/C52H25F12N3/c53-49(54,55)35-17-31(18-36(24-35)50(56,57)58)28-12-14-47-44(21-28)45-22-29(32-19-37(51(59,60)61)25-38(20-32)52(62,63)64)13-15-48(45)67(47)46-11-4-3-9-42(46)40-8-2-1-7-39(40)41-10-5-6-30-16-33(26-65)34(27-66)23-43(30)41/h1-25H. The Morgan fingerprint density at radius 1 is 0.343 bits per heavy atom. The molecule has 0 spiro atoms. The summed E-state index contributed by atoms with van der Waals surface area (Å²) in [5.74, 6) is 0. The monoisotopic (exact) mass is 919 g/mol. The zero-order chi connectivity index (χ0) is 47.8. The van der Waals surface area contributed by atoms with Crippen molar-refractivity contribution in [2.24, 2.45) is 0 Å². The Labute approximate surface area is 371 Å². The van der Waals surface area contributed by atoms with Crippen molar-refractivity contribution in [3.8, 4) is 62.3 Å². The number of nitriles is 2. The van der Waals surface area contributed by atoms with E-state index < -0.39 is 58.1 Å². The van der Waals surface area contributed by atoms with Crippen LogP contribution >= 0.6 is 0 Å². The number of nitrogens with zero attached hydrogens (tertiary/aromatic N) is 3. The number of fused-ring (bicyclic) bond motifs is 4. The molecule has 0 atom stereocenters. The molecular formula is C52H25F12N3. The van der Waals surface area contributed by atoms with Crippen LogP contribution in [0, 0.1) is 22.7 Å². The van der Waals surface area contributed by atoms with Crippen LogP contribution in [0.2, 0.25) is 0 Å². The molecule has 0 aliphatic carbocycles. The Morgan fingerprint density at radius 2 is 0.746 bits per heavy atom. The molecule has 9 rings (SSSR count). The zero-order valence-corrected chi connectivity index (χ0v) is 33.8. The average molecular weight is 920 g/mol. The van der Waals surface area contributed by atoms with Crippen LogP contribution in [0.1, 0.15) is 33.4 Å². The van der Waals surface area contributed by atoms with Gasteiger partial charge in [0.2, 0.25) is 0 Å². The summed E-state index contributed by atoms with van der Waals surface area (Å²) in [6.07, 6.45) is -20.7. The minimum absolute atomic E-state index is 0.0104. The molecule has 0 saturated carbocycles. The highest BCUT2D eigenvalue weighted by Gasteiger charge is 2.38. The number of halogens is 12. The van der Waals surface area contributed by atoms with Gasteiger partial charge in [0.15, 0.2) is 0 Å². The third-order valence-electron chi connectivity index (χ3n) is 11.5. The van der Waals surface area contributed by atoms with Crippen molar-refractivity contribution < 1.29 is 52.7 Å². The molecule has 0 fully saturated rings. The maximum Gasteiger partial charge on any atom is 0.416 e. The van der Waals surface area contributed by atoms with Crippen molar-refractivity contribution in [1.82, 2.24) is 4.57 Å². The van der Waals surface area contributed by atoms with Gasteiger partial charge in [0.1, 0.15) is 12.1 Å². The second-order valence-corrected chi connectivity index (χ2v) is 15.6. The van der Waals surface area contributed by atoms with E-state index in [0.717, 1.165) is 0 Å². The Bertz CT molecular complexity index is 3360. The molecule has 0 radical (unpaired) electrons. The first-order valence-electron chi connectivity index (χ1n) is 19.9. The quantitative estimate of drug-likeness (QED) is 0.162. The van der Waals surface area contributed by atoms with E-state index in [2.05, 4.69) is 6.07 Å². The minimum Gasteiger partial charge on any atom is -0.309 e. The van der Waals surface area contributed by atoms with Crippen LogP contribution in [0.3, 0.4) is 0 Å². The van der Waals surface area contributed by atoms with Gasteiger partial charge in [-0.15, -0.1) is 0 Å². The van der Waals surface area contributed by atoms with Gasteiger partial charge in [-0.1, -0.05) is 72.8 Å². The molecule has 15 heteroatoms. The summed E-state index contributed by atoms with van der Waals surface area (Å²) < 4.78 is 170. The molecule has 0 bridgehead atoms. The molecule has 8 aromatic carbocycles. The second-order valence-electron chi connectivity index (χ2n) is 15.6. The smallest absolute Gasteiger partial charge is 0.309 e. The SMILES string of the molecule is N#Cc1cc2cccc(-c3ccccc3-c3ccccc3-n3c4ccc(-c5cc(C(F)(F)F)cc(C(F)(F)F)c5)cc4c4cc(-c5cc(C(F)(F)F)cc(C(F)(F)F)c5)ccc43)c2cc1C#N. The van der Waals surface area contributed by atoms with Crippen LogP contribution in [-0.4, -0.2) is 4.57 Å². The van der Waals surface area contributed by atoms with Crippen LogP contribution in [0.25, 0.3) is 82.8 Å². The zero-order valence-electron chi connectivity index (χ0n) is 33.8. The lowest BCUT2D eigenvalue weighted by molar-refractivity contribution is -0.144. The van der Waals surface area contributed by atoms with Gasteiger partial charge in [-0.2, -0.15) is 63.2 Å². The second kappa shape index (κ2) is 15.8. The third-order valence-corrected chi connectivity index (χ3v) is 11.5. The van der Waals surface area contributed by atoms with Crippen LogP contribution in [0.15, 0.2) is 152 Å². The van der Waals surface area contributed by atoms with Crippen molar-refractivity contribution in [1.29, 1.82) is 10.5 Å². The molecule has 1 aromatic heterocycles. The van der Waals surface area contributed by atoms with E-state index >= 15 is 0 Å². The van der Waals surface area contributed by atoms with E-state index in [1.165, 1.54) is 36.4 Å². The van der Waals surface area contributed by atoms with Crippen molar-refractivity contribution in [3.63, 3.8) is 0 Å². The molecule has 67 heavy (non-hydrogen) atoms. The molecule has 0 saturated heterocycles. The summed E-state index contributed by atoms with van der Waals surface area (Å²) in [4.78, 5) is 0. The summed E-state index contributed by atoms with van der Waals surface area (Å²) in [6.45, 7) is 0. The minimum atomic E-state index is -5.17. The lowest BCUT2D eigenvalue weighted by atomic mass is 9.89. The summed E-state index contributed by atoms with van der Waals surface area (Å²) in [6, 6.07) is 37.5. The lowest BCUT2D eigenvalue weighted by Gasteiger charge is -2.18.